The number of aromatic nitrogens is 1. The lowest BCUT2D eigenvalue weighted by atomic mass is 9.90. The van der Waals surface area contributed by atoms with Crippen molar-refractivity contribution in [1.82, 2.24) is 10.3 Å². The zero-order chi connectivity index (χ0) is 24.1. The fourth-order valence-corrected chi connectivity index (χ4v) is 4.52. The van der Waals surface area contributed by atoms with Gasteiger partial charge in [-0.1, -0.05) is 30.9 Å². The van der Waals surface area contributed by atoms with E-state index in [1.165, 1.54) is 0 Å². The number of allylic oxidation sites excluding steroid dienone is 9. The minimum atomic E-state index is -2.45. The first-order valence-electron chi connectivity index (χ1n) is 11.5. The van der Waals surface area contributed by atoms with E-state index in [1.807, 2.05) is 38.4 Å². The summed E-state index contributed by atoms with van der Waals surface area (Å²) in [5, 5.41) is 2.76. The molecule has 1 aromatic heterocycles. The molecule has 2 aliphatic carbocycles. The van der Waals surface area contributed by atoms with E-state index in [0.717, 1.165) is 57.8 Å². The maximum absolute atomic E-state index is 12.7. The number of alkyl halides is 2. The molecule has 0 saturated heterocycles. The van der Waals surface area contributed by atoms with E-state index >= 15 is 0 Å². The van der Waals surface area contributed by atoms with Crippen LogP contribution in [0.15, 0.2) is 88.0 Å². The Balaban J connectivity index is 0.00000228. The maximum atomic E-state index is 12.7. The van der Waals surface area contributed by atoms with Gasteiger partial charge in [0.1, 0.15) is 0 Å². The molecule has 1 aromatic rings. The number of rotatable bonds is 8. The van der Waals surface area contributed by atoms with Gasteiger partial charge in [0.25, 0.3) is 6.43 Å². The van der Waals surface area contributed by atoms with Crippen LogP contribution in [0.4, 0.5) is 8.78 Å². The molecule has 0 aromatic carbocycles. The van der Waals surface area contributed by atoms with Crippen molar-refractivity contribution in [3.8, 4) is 0 Å². The molecule has 0 spiro atoms. The normalized spacial score (nSPS) is 19.2. The minimum absolute atomic E-state index is 0. The summed E-state index contributed by atoms with van der Waals surface area (Å²) in [5.74, 6) is -0.0270. The Labute approximate surface area is 202 Å². The molecular formula is C28H32F2N4. The van der Waals surface area contributed by atoms with Crippen molar-refractivity contribution in [2.45, 2.75) is 33.1 Å². The molecule has 0 fully saturated rings. The van der Waals surface area contributed by atoms with Crippen LogP contribution >= 0.6 is 0 Å². The number of nitrogens with one attached hydrogen (secondary N) is 1. The van der Waals surface area contributed by atoms with E-state index in [9.17, 15) is 8.78 Å². The molecule has 0 unspecified atom stereocenters. The van der Waals surface area contributed by atoms with Crippen LogP contribution in [0.3, 0.4) is 0 Å². The molecule has 1 aliphatic heterocycles. The standard InChI is InChI=1S/C28H28F2N4.2H2/c1-4-18(15-31-6-3)21-13-14-32-26-12-10-20(28(21)26)19-7-9-22-23(16-33-25(22)11-8-19)24(5-2)34-17-27(29)30;;/h4,7-8,10-11,13-16,22,27,34H,2,6,9,12,17H2,1,3H3;2*1H/b18-4+,31-15?;;/t22-;;/m0../s1. The quantitative estimate of drug-likeness (QED) is 0.360. The molecule has 1 N–H and O–H groups in total. The summed E-state index contributed by atoms with van der Waals surface area (Å²) in [6, 6.07) is 2.05. The van der Waals surface area contributed by atoms with Gasteiger partial charge in [0, 0.05) is 57.2 Å². The van der Waals surface area contributed by atoms with Crippen LogP contribution in [-0.2, 0) is 6.42 Å². The highest BCUT2D eigenvalue weighted by Gasteiger charge is 2.29. The summed E-state index contributed by atoms with van der Waals surface area (Å²) in [4.78, 5) is 13.6. The smallest absolute Gasteiger partial charge is 0.255 e. The summed E-state index contributed by atoms with van der Waals surface area (Å²) >= 11 is 0. The largest absolute Gasteiger partial charge is 0.373 e. The second kappa shape index (κ2) is 10.5. The summed E-state index contributed by atoms with van der Waals surface area (Å²) in [7, 11) is 0. The lowest BCUT2D eigenvalue weighted by molar-refractivity contribution is 0.149. The van der Waals surface area contributed by atoms with Gasteiger partial charge >= 0.3 is 0 Å². The summed E-state index contributed by atoms with van der Waals surface area (Å²) < 4.78 is 25.5. The molecule has 2 heterocycles. The van der Waals surface area contributed by atoms with Crippen molar-refractivity contribution in [2.75, 3.05) is 13.1 Å². The van der Waals surface area contributed by atoms with Crippen molar-refractivity contribution < 1.29 is 11.6 Å². The summed E-state index contributed by atoms with van der Waals surface area (Å²) in [5.41, 5.74) is 11.7. The van der Waals surface area contributed by atoms with Crippen LogP contribution in [-0.4, -0.2) is 36.4 Å². The SMILES string of the molecule is C=C=C(NCC(F)F)C1=CN=C2C=CC(C3=CCc4nccc(/C(C=NCC)=C/C)c43)=CC[C@@H]12.[HH].[HH]. The molecule has 0 amide bonds. The van der Waals surface area contributed by atoms with Crippen LogP contribution in [0.2, 0.25) is 0 Å². The van der Waals surface area contributed by atoms with Crippen LogP contribution in [0.25, 0.3) is 11.1 Å². The van der Waals surface area contributed by atoms with Gasteiger partial charge in [-0.15, -0.1) is 5.73 Å². The summed E-state index contributed by atoms with van der Waals surface area (Å²) in [6.45, 7) is 8.00. The third kappa shape index (κ3) is 4.68. The van der Waals surface area contributed by atoms with Gasteiger partial charge in [-0.3, -0.25) is 15.0 Å². The fraction of sp³-hybridized carbons (Fsp3) is 0.286. The number of pyridine rings is 1. The number of nitrogens with zero attached hydrogens (tertiary/aromatic N) is 3. The van der Waals surface area contributed by atoms with Crippen molar-refractivity contribution in [3.05, 3.63) is 94.8 Å². The van der Waals surface area contributed by atoms with Crippen LogP contribution in [0.5, 0.6) is 0 Å². The third-order valence-electron chi connectivity index (χ3n) is 6.14. The van der Waals surface area contributed by atoms with E-state index in [4.69, 9.17) is 0 Å². The predicted molar refractivity (Wildman–Crippen MR) is 140 cm³/mol. The molecule has 178 valence electrons. The maximum Gasteiger partial charge on any atom is 0.255 e. The van der Waals surface area contributed by atoms with Gasteiger partial charge in [0.15, 0.2) is 0 Å². The van der Waals surface area contributed by atoms with Crippen LogP contribution in [0.1, 0.15) is 39.9 Å². The Bertz CT molecular complexity index is 1250. The molecule has 6 heteroatoms. The van der Waals surface area contributed by atoms with E-state index in [1.54, 1.807) is 6.20 Å². The molecule has 3 aliphatic rings. The van der Waals surface area contributed by atoms with Crippen molar-refractivity contribution in [2.24, 2.45) is 15.9 Å². The van der Waals surface area contributed by atoms with Crippen molar-refractivity contribution in [1.29, 1.82) is 0 Å². The number of hydrogen-bond donors (Lipinski definition) is 1. The Morgan fingerprint density at radius 3 is 2.97 bits per heavy atom. The molecular weight excluding hydrogens is 430 g/mol. The average Bonchev–Trinajstić information content (AvgIpc) is 3.39. The lowest BCUT2D eigenvalue weighted by Crippen LogP contribution is -2.24. The predicted octanol–water partition coefficient (Wildman–Crippen LogP) is 6.37. The second-order valence-electron chi connectivity index (χ2n) is 8.12. The first-order chi connectivity index (χ1) is 16.6. The molecule has 34 heavy (non-hydrogen) atoms. The molecule has 0 saturated carbocycles. The number of hydrogen-bond acceptors (Lipinski definition) is 4. The van der Waals surface area contributed by atoms with Crippen molar-refractivity contribution in [3.63, 3.8) is 0 Å². The number of aliphatic imine (C=N–C) groups is 2. The Kier molecular flexibility index (Phi) is 7.29. The lowest BCUT2D eigenvalue weighted by Gasteiger charge is -2.16. The van der Waals surface area contributed by atoms with Crippen LogP contribution < -0.4 is 5.32 Å². The van der Waals surface area contributed by atoms with Gasteiger partial charge in [-0.2, -0.15) is 0 Å². The Morgan fingerprint density at radius 1 is 1.38 bits per heavy atom. The molecule has 4 nitrogen and oxygen atoms in total. The van der Waals surface area contributed by atoms with Gasteiger partial charge in [0.2, 0.25) is 0 Å². The molecule has 4 rings (SSSR count). The first-order valence-corrected chi connectivity index (χ1v) is 11.5. The molecule has 0 radical (unpaired) electrons. The van der Waals surface area contributed by atoms with E-state index in [2.05, 4.69) is 56.9 Å². The summed E-state index contributed by atoms with van der Waals surface area (Å²) in [6.07, 6.45) is 15.1. The average molecular weight is 463 g/mol. The van der Waals surface area contributed by atoms with Gasteiger partial charge in [0.05, 0.1) is 17.9 Å². The highest BCUT2D eigenvalue weighted by molar-refractivity contribution is 6.12. The van der Waals surface area contributed by atoms with E-state index in [0.29, 0.717) is 12.1 Å². The number of fused-ring (bicyclic) bond motifs is 2. The highest BCUT2D eigenvalue weighted by Crippen LogP contribution is 2.40. The van der Waals surface area contributed by atoms with Crippen molar-refractivity contribution >= 4 is 23.1 Å². The Hall–Kier alpha value is -3.63. The van der Waals surface area contributed by atoms with Crippen LogP contribution in [0, 0.1) is 5.92 Å². The monoisotopic (exact) mass is 462 g/mol. The van der Waals surface area contributed by atoms with E-state index in [-0.39, 0.29) is 8.77 Å². The highest BCUT2D eigenvalue weighted by atomic mass is 19.3. The zero-order valence-corrected chi connectivity index (χ0v) is 19.5. The number of halogens is 2. The first kappa shape index (κ1) is 23.5. The molecule has 1 atom stereocenters. The minimum Gasteiger partial charge on any atom is -0.373 e. The topological polar surface area (TPSA) is 49.6 Å². The van der Waals surface area contributed by atoms with E-state index < -0.39 is 13.0 Å². The third-order valence-corrected chi connectivity index (χ3v) is 6.14. The second-order valence-corrected chi connectivity index (χ2v) is 8.12. The van der Waals surface area contributed by atoms with Gasteiger partial charge in [-0.25, -0.2) is 8.78 Å². The van der Waals surface area contributed by atoms with Gasteiger partial charge < -0.3 is 5.32 Å². The van der Waals surface area contributed by atoms with Gasteiger partial charge in [-0.05, 0) is 54.7 Å². The molecule has 0 bridgehead atoms. The zero-order valence-electron chi connectivity index (χ0n) is 19.5. The fourth-order valence-electron chi connectivity index (χ4n) is 4.52. The Morgan fingerprint density at radius 2 is 2.24 bits per heavy atom.